The maximum absolute atomic E-state index is 13.3. The molecule has 1 aliphatic rings. The molecule has 0 amide bonds. The molecular weight excluding hydrogens is 285 g/mol. The summed E-state index contributed by atoms with van der Waals surface area (Å²) in [5.74, 6) is -13.2. The predicted molar refractivity (Wildman–Crippen MR) is 48.8 cm³/mol. The van der Waals surface area contributed by atoms with Gasteiger partial charge in [0.05, 0.1) is 0 Å². The van der Waals surface area contributed by atoms with Crippen molar-refractivity contribution in [1.82, 2.24) is 0 Å². The van der Waals surface area contributed by atoms with E-state index in [1.165, 1.54) is 0 Å². The first-order chi connectivity index (χ1) is 8.26. The average Bonchev–Trinajstić information content (AvgIpc) is 2.22. The maximum atomic E-state index is 13.3. The van der Waals surface area contributed by atoms with E-state index in [9.17, 15) is 40.6 Å². The number of carbonyl (C=O) groups is 1. The van der Waals surface area contributed by atoms with E-state index in [0.717, 1.165) is 6.92 Å². The predicted octanol–water partition coefficient (Wildman–Crippen LogP) is 2.64. The molecule has 0 aromatic rings. The Morgan fingerprint density at radius 1 is 1.11 bits per heavy atom. The molecule has 0 radical (unpaired) electrons. The zero-order valence-corrected chi connectivity index (χ0v) is 9.23. The van der Waals surface area contributed by atoms with Crippen LogP contribution in [0.4, 0.5) is 30.7 Å². The summed E-state index contributed by atoms with van der Waals surface area (Å²) >= 11 is 0. The molecule has 0 heterocycles. The lowest BCUT2D eigenvalue weighted by molar-refractivity contribution is -0.376. The fourth-order valence-electron chi connectivity index (χ4n) is 1.41. The van der Waals surface area contributed by atoms with Crippen molar-refractivity contribution in [3.8, 4) is 0 Å². The highest BCUT2D eigenvalue weighted by molar-refractivity contribution is 6.04. The molecule has 2 nitrogen and oxygen atoms in total. The van der Waals surface area contributed by atoms with Gasteiger partial charge < -0.3 is 5.11 Å². The number of allylic oxidation sites excluding steroid dienone is 2. The van der Waals surface area contributed by atoms with E-state index in [2.05, 4.69) is 0 Å². The van der Waals surface area contributed by atoms with Gasteiger partial charge >= 0.3 is 18.0 Å². The van der Waals surface area contributed by atoms with Gasteiger partial charge in [-0.25, -0.2) is 0 Å². The van der Waals surface area contributed by atoms with Gasteiger partial charge in [0.1, 0.15) is 0 Å². The van der Waals surface area contributed by atoms with Crippen LogP contribution in [0.3, 0.4) is 0 Å². The minimum atomic E-state index is -6.55. The average molecular weight is 292 g/mol. The molecule has 9 heteroatoms. The van der Waals surface area contributed by atoms with Gasteiger partial charge in [0.2, 0.25) is 0 Å². The number of alkyl halides is 7. The van der Waals surface area contributed by atoms with Crippen LogP contribution < -0.4 is 0 Å². The van der Waals surface area contributed by atoms with Crippen molar-refractivity contribution in [3.05, 3.63) is 23.8 Å². The first-order valence-electron chi connectivity index (χ1n) is 4.74. The van der Waals surface area contributed by atoms with Gasteiger partial charge in [0.25, 0.3) is 0 Å². The molecule has 1 unspecified atom stereocenters. The van der Waals surface area contributed by atoms with Crippen LogP contribution in [0.1, 0.15) is 6.92 Å². The number of ketones is 1. The quantitative estimate of drug-likeness (QED) is 0.794. The highest BCUT2D eigenvalue weighted by atomic mass is 19.4. The molecule has 0 fully saturated rings. The molecule has 1 N–H and O–H groups in total. The monoisotopic (exact) mass is 292 g/mol. The third-order valence-electron chi connectivity index (χ3n) is 2.57. The van der Waals surface area contributed by atoms with Crippen molar-refractivity contribution < 1.29 is 40.6 Å². The van der Waals surface area contributed by atoms with Crippen molar-refractivity contribution in [3.63, 3.8) is 0 Å². The number of hydrogen-bond donors (Lipinski definition) is 1. The summed E-state index contributed by atoms with van der Waals surface area (Å²) in [7, 11) is 0. The second kappa shape index (κ2) is 4.06. The minimum absolute atomic E-state index is 0.0189. The SMILES string of the molecule is CC1=CC(O)(C(F)(F)C(F)(F)C(F)(F)F)C=CC1=O. The molecule has 1 aliphatic carbocycles. The fraction of sp³-hybridized carbons (Fsp3) is 0.500. The van der Waals surface area contributed by atoms with Gasteiger partial charge in [0, 0.05) is 0 Å². The van der Waals surface area contributed by atoms with E-state index in [4.69, 9.17) is 0 Å². The maximum Gasteiger partial charge on any atom is 0.460 e. The normalized spacial score (nSPS) is 25.5. The van der Waals surface area contributed by atoms with E-state index in [1.54, 1.807) is 0 Å². The molecule has 19 heavy (non-hydrogen) atoms. The Bertz CT molecular complexity index is 461. The molecule has 0 aliphatic heterocycles. The van der Waals surface area contributed by atoms with Gasteiger partial charge in [0.15, 0.2) is 11.4 Å². The first kappa shape index (κ1) is 15.7. The van der Waals surface area contributed by atoms with Crippen LogP contribution in [0.2, 0.25) is 0 Å². The van der Waals surface area contributed by atoms with Crippen molar-refractivity contribution in [2.24, 2.45) is 0 Å². The topological polar surface area (TPSA) is 37.3 Å². The van der Waals surface area contributed by atoms with Crippen LogP contribution in [0, 0.1) is 0 Å². The van der Waals surface area contributed by atoms with Gasteiger partial charge in [-0.05, 0) is 30.7 Å². The van der Waals surface area contributed by atoms with Crippen LogP contribution >= 0.6 is 0 Å². The second-order valence-electron chi connectivity index (χ2n) is 4.00. The fourth-order valence-corrected chi connectivity index (χ4v) is 1.41. The highest BCUT2D eigenvalue weighted by Gasteiger charge is 2.78. The van der Waals surface area contributed by atoms with Crippen molar-refractivity contribution in [1.29, 1.82) is 0 Å². The van der Waals surface area contributed by atoms with Crippen LogP contribution in [-0.2, 0) is 4.79 Å². The Hall–Kier alpha value is -1.38. The van der Waals surface area contributed by atoms with E-state index < -0.39 is 35.0 Å². The van der Waals surface area contributed by atoms with E-state index in [0.29, 0.717) is 6.08 Å². The van der Waals surface area contributed by atoms with Crippen molar-refractivity contribution in [2.75, 3.05) is 0 Å². The number of hydrogen-bond acceptors (Lipinski definition) is 2. The van der Waals surface area contributed by atoms with Gasteiger partial charge in [-0.2, -0.15) is 30.7 Å². The summed E-state index contributed by atoms with van der Waals surface area (Å²) in [6, 6.07) is 0. The zero-order chi connectivity index (χ0) is 15.3. The lowest BCUT2D eigenvalue weighted by Gasteiger charge is -2.38. The Balaban J connectivity index is 3.36. The Morgan fingerprint density at radius 2 is 1.58 bits per heavy atom. The Kier molecular flexibility index (Phi) is 3.35. The largest absolute Gasteiger partial charge is 0.460 e. The lowest BCUT2D eigenvalue weighted by atomic mass is 9.84. The summed E-state index contributed by atoms with van der Waals surface area (Å²) in [5.41, 5.74) is -4.47. The summed E-state index contributed by atoms with van der Waals surface area (Å²) < 4.78 is 88.2. The molecule has 108 valence electrons. The van der Waals surface area contributed by atoms with Crippen molar-refractivity contribution in [2.45, 2.75) is 30.5 Å². The molecule has 0 saturated heterocycles. The van der Waals surface area contributed by atoms with Crippen LogP contribution in [-0.4, -0.2) is 34.5 Å². The minimum Gasteiger partial charge on any atom is -0.375 e. The third kappa shape index (κ3) is 2.15. The molecule has 0 spiro atoms. The highest BCUT2D eigenvalue weighted by Crippen LogP contribution is 2.52. The molecule has 1 rings (SSSR count). The smallest absolute Gasteiger partial charge is 0.375 e. The van der Waals surface area contributed by atoms with E-state index in [1.807, 2.05) is 0 Å². The summed E-state index contributed by atoms with van der Waals surface area (Å²) in [5, 5.41) is 9.34. The lowest BCUT2D eigenvalue weighted by Crippen LogP contribution is -2.63. The Morgan fingerprint density at radius 3 is 1.95 bits per heavy atom. The molecule has 0 bridgehead atoms. The van der Waals surface area contributed by atoms with Gasteiger partial charge in [-0.15, -0.1) is 0 Å². The molecule has 1 atom stereocenters. The standard InChI is InChI=1S/C10H7F7O2/c1-5-4-7(19,3-2-6(5)18)8(11,12)9(13,14)10(15,16)17/h2-4,19H,1H3. The van der Waals surface area contributed by atoms with Crippen molar-refractivity contribution >= 4 is 5.78 Å². The number of carbonyl (C=O) groups excluding carboxylic acids is 1. The molecular formula is C10H7F7O2. The Labute approximate surface area is 102 Å². The molecule has 0 aromatic carbocycles. The summed E-state index contributed by atoms with van der Waals surface area (Å²) in [6.07, 6.45) is -6.34. The second-order valence-corrected chi connectivity index (χ2v) is 4.00. The van der Waals surface area contributed by atoms with Crippen LogP contribution in [0.5, 0.6) is 0 Å². The molecule has 0 aromatic heterocycles. The summed E-state index contributed by atoms with van der Waals surface area (Å²) in [6.45, 7) is 0.901. The summed E-state index contributed by atoms with van der Waals surface area (Å²) in [4.78, 5) is 10.9. The molecule has 0 saturated carbocycles. The van der Waals surface area contributed by atoms with Crippen LogP contribution in [0.25, 0.3) is 0 Å². The van der Waals surface area contributed by atoms with Crippen LogP contribution in [0.15, 0.2) is 23.8 Å². The number of rotatable bonds is 2. The zero-order valence-electron chi connectivity index (χ0n) is 9.23. The number of aliphatic hydroxyl groups is 1. The van der Waals surface area contributed by atoms with Gasteiger partial charge in [-0.3, -0.25) is 4.79 Å². The van der Waals surface area contributed by atoms with E-state index in [-0.39, 0.29) is 12.2 Å². The first-order valence-corrected chi connectivity index (χ1v) is 4.74. The van der Waals surface area contributed by atoms with E-state index >= 15 is 0 Å². The number of halogens is 7. The van der Waals surface area contributed by atoms with Gasteiger partial charge in [-0.1, -0.05) is 0 Å². The third-order valence-corrected chi connectivity index (χ3v) is 2.57.